The molecule has 0 aromatic heterocycles. The summed E-state index contributed by atoms with van der Waals surface area (Å²) in [5.74, 6) is -0.932. The number of β-amino-alcohol motifs (C(OH)–C–C–N with tert-alkyl or cyclic N) is 1. The molecule has 0 bridgehead atoms. The van der Waals surface area contributed by atoms with E-state index >= 15 is 0 Å². The zero-order valence-corrected chi connectivity index (χ0v) is 15.7. The van der Waals surface area contributed by atoms with Crippen LogP contribution < -0.4 is 0 Å². The molecule has 5 heteroatoms. The fourth-order valence-electron chi connectivity index (χ4n) is 3.57. The topological polar surface area (TPSA) is 70.0 Å². The molecule has 5 nitrogen and oxygen atoms in total. The van der Waals surface area contributed by atoms with Gasteiger partial charge in [0.05, 0.1) is 24.4 Å². The average Bonchev–Trinajstić information content (AvgIpc) is 3.19. The van der Waals surface area contributed by atoms with Crippen molar-refractivity contribution in [1.29, 1.82) is 0 Å². The van der Waals surface area contributed by atoms with E-state index in [1.165, 1.54) is 12.8 Å². The van der Waals surface area contributed by atoms with Crippen molar-refractivity contribution in [3.05, 3.63) is 59.7 Å². The van der Waals surface area contributed by atoms with Crippen molar-refractivity contribution >= 4 is 5.97 Å². The van der Waals surface area contributed by atoms with E-state index in [2.05, 4.69) is 4.90 Å². The molecule has 1 fully saturated rings. The molecule has 1 saturated heterocycles. The molecule has 144 valence electrons. The summed E-state index contributed by atoms with van der Waals surface area (Å²) in [6.45, 7) is 5.05. The third-order valence-electron chi connectivity index (χ3n) is 5.05. The highest BCUT2D eigenvalue weighted by Crippen LogP contribution is 2.30. The third kappa shape index (κ3) is 5.16. The Kier molecular flexibility index (Phi) is 6.61. The summed E-state index contributed by atoms with van der Waals surface area (Å²) in [4.78, 5) is 13.3. The summed E-state index contributed by atoms with van der Waals surface area (Å²) in [6.07, 6.45) is 1.75. The van der Waals surface area contributed by atoms with Crippen LogP contribution >= 0.6 is 0 Å². The van der Waals surface area contributed by atoms with Crippen molar-refractivity contribution in [2.45, 2.75) is 32.0 Å². The fourth-order valence-corrected chi connectivity index (χ4v) is 3.57. The molecule has 2 aromatic rings. The van der Waals surface area contributed by atoms with E-state index < -0.39 is 12.1 Å². The lowest BCUT2D eigenvalue weighted by Gasteiger charge is -2.22. The van der Waals surface area contributed by atoms with E-state index in [0.29, 0.717) is 13.2 Å². The molecule has 0 amide bonds. The maximum absolute atomic E-state index is 11.0. The van der Waals surface area contributed by atoms with Crippen molar-refractivity contribution in [2.75, 3.05) is 26.2 Å². The van der Waals surface area contributed by atoms with Crippen LogP contribution in [0.4, 0.5) is 0 Å². The van der Waals surface area contributed by atoms with Crippen LogP contribution in [0.5, 0.6) is 0 Å². The number of benzene rings is 2. The first-order valence-electron chi connectivity index (χ1n) is 9.49. The van der Waals surface area contributed by atoms with Crippen LogP contribution in [-0.4, -0.2) is 53.4 Å². The molecule has 2 N–H and O–H groups in total. The van der Waals surface area contributed by atoms with Gasteiger partial charge in [-0.15, -0.1) is 0 Å². The third-order valence-corrected chi connectivity index (χ3v) is 5.05. The predicted octanol–water partition coefficient (Wildman–Crippen LogP) is 3.59. The van der Waals surface area contributed by atoms with E-state index in [9.17, 15) is 9.90 Å². The SMILES string of the molecule is CC(OCC(O)CN1CCCC1)c1ccccc1-c1ccc(C(=O)O)cc1. The molecule has 0 spiro atoms. The summed E-state index contributed by atoms with van der Waals surface area (Å²) in [5, 5.41) is 19.3. The summed E-state index contributed by atoms with van der Waals surface area (Å²) < 4.78 is 5.95. The average molecular weight is 369 g/mol. The van der Waals surface area contributed by atoms with Gasteiger partial charge in [-0.25, -0.2) is 4.79 Å². The Labute approximate surface area is 160 Å². The monoisotopic (exact) mass is 369 g/mol. The molecule has 0 radical (unpaired) electrons. The number of carboxylic acids is 1. The second kappa shape index (κ2) is 9.13. The number of aliphatic hydroxyl groups is 1. The van der Waals surface area contributed by atoms with Crippen molar-refractivity contribution in [3.8, 4) is 11.1 Å². The Morgan fingerprint density at radius 3 is 2.44 bits per heavy atom. The predicted molar refractivity (Wildman–Crippen MR) is 105 cm³/mol. The number of rotatable bonds is 8. The van der Waals surface area contributed by atoms with Gasteiger partial charge < -0.3 is 19.8 Å². The van der Waals surface area contributed by atoms with Gasteiger partial charge in [-0.1, -0.05) is 36.4 Å². The van der Waals surface area contributed by atoms with Crippen LogP contribution in [0.2, 0.25) is 0 Å². The summed E-state index contributed by atoms with van der Waals surface area (Å²) in [6, 6.07) is 14.8. The summed E-state index contributed by atoms with van der Waals surface area (Å²) >= 11 is 0. The molecular weight excluding hydrogens is 342 g/mol. The van der Waals surface area contributed by atoms with Gasteiger partial charge in [0.1, 0.15) is 0 Å². The van der Waals surface area contributed by atoms with Crippen LogP contribution in [0.1, 0.15) is 41.8 Å². The van der Waals surface area contributed by atoms with Gasteiger partial charge in [0.2, 0.25) is 0 Å². The van der Waals surface area contributed by atoms with Gasteiger partial charge >= 0.3 is 5.97 Å². The first kappa shape index (κ1) is 19.5. The van der Waals surface area contributed by atoms with Crippen LogP contribution in [0.3, 0.4) is 0 Å². The fraction of sp³-hybridized carbons (Fsp3) is 0.409. The maximum Gasteiger partial charge on any atom is 0.335 e. The number of aliphatic hydroxyl groups excluding tert-OH is 1. The van der Waals surface area contributed by atoms with Crippen molar-refractivity contribution < 1.29 is 19.7 Å². The number of carbonyl (C=O) groups is 1. The lowest BCUT2D eigenvalue weighted by atomic mass is 9.96. The molecule has 2 atom stereocenters. The molecule has 1 heterocycles. The second-order valence-corrected chi connectivity index (χ2v) is 7.11. The van der Waals surface area contributed by atoms with Gasteiger partial charge in [0.25, 0.3) is 0 Å². The molecule has 1 aliphatic rings. The quantitative estimate of drug-likeness (QED) is 0.744. The Hall–Kier alpha value is -2.21. The number of hydrogen-bond acceptors (Lipinski definition) is 4. The first-order chi connectivity index (χ1) is 13.0. The number of hydrogen-bond donors (Lipinski definition) is 2. The number of carboxylic acid groups (broad SMARTS) is 1. The summed E-state index contributed by atoms with van der Waals surface area (Å²) in [7, 11) is 0. The van der Waals surface area contributed by atoms with Gasteiger partial charge in [0, 0.05) is 6.54 Å². The Morgan fingerprint density at radius 1 is 1.11 bits per heavy atom. The minimum atomic E-state index is -0.932. The highest BCUT2D eigenvalue weighted by molar-refractivity contribution is 5.88. The van der Waals surface area contributed by atoms with Gasteiger partial charge in [-0.3, -0.25) is 0 Å². The minimum absolute atomic E-state index is 0.173. The Morgan fingerprint density at radius 2 is 1.78 bits per heavy atom. The van der Waals surface area contributed by atoms with E-state index in [1.807, 2.05) is 43.3 Å². The number of likely N-dealkylation sites (tertiary alicyclic amines) is 1. The molecule has 0 saturated carbocycles. The largest absolute Gasteiger partial charge is 0.478 e. The normalized spacial score (nSPS) is 17.0. The van der Waals surface area contributed by atoms with E-state index in [-0.39, 0.29) is 11.7 Å². The highest BCUT2D eigenvalue weighted by Gasteiger charge is 2.18. The zero-order valence-electron chi connectivity index (χ0n) is 15.7. The molecule has 2 unspecified atom stereocenters. The Bertz CT molecular complexity index is 753. The van der Waals surface area contributed by atoms with Gasteiger partial charge in [-0.2, -0.15) is 0 Å². The van der Waals surface area contributed by atoms with Crippen LogP contribution in [0.15, 0.2) is 48.5 Å². The number of nitrogens with zero attached hydrogens (tertiary/aromatic N) is 1. The van der Waals surface area contributed by atoms with Crippen molar-refractivity contribution in [2.24, 2.45) is 0 Å². The van der Waals surface area contributed by atoms with Crippen LogP contribution in [0.25, 0.3) is 11.1 Å². The lowest BCUT2D eigenvalue weighted by Crippen LogP contribution is -2.33. The summed E-state index contributed by atoms with van der Waals surface area (Å²) in [5.41, 5.74) is 3.25. The van der Waals surface area contributed by atoms with Crippen LogP contribution in [-0.2, 0) is 4.74 Å². The van der Waals surface area contributed by atoms with Crippen LogP contribution in [0, 0.1) is 0 Å². The van der Waals surface area contributed by atoms with Crippen molar-refractivity contribution in [3.63, 3.8) is 0 Å². The van der Waals surface area contributed by atoms with E-state index in [4.69, 9.17) is 9.84 Å². The molecule has 0 aliphatic carbocycles. The molecule has 3 rings (SSSR count). The molecule has 1 aliphatic heterocycles. The standard InChI is InChI=1S/C22H27NO4/c1-16(27-15-19(24)14-23-12-4-5-13-23)20-6-2-3-7-21(20)17-8-10-18(11-9-17)22(25)26/h2-3,6-11,16,19,24H,4-5,12-15H2,1H3,(H,25,26). The van der Waals surface area contributed by atoms with Gasteiger partial charge in [-0.05, 0) is 61.7 Å². The molecular formula is C22H27NO4. The molecule has 2 aromatic carbocycles. The van der Waals surface area contributed by atoms with Crippen molar-refractivity contribution in [1.82, 2.24) is 4.90 Å². The number of aromatic carboxylic acids is 1. The smallest absolute Gasteiger partial charge is 0.335 e. The highest BCUT2D eigenvalue weighted by atomic mass is 16.5. The zero-order chi connectivity index (χ0) is 19.2. The maximum atomic E-state index is 11.0. The minimum Gasteiger partial charge on any atom is -0.478 e. The molecule has 27 heavy (non-hydrogen) atoms. The van der Waals surface area contributed by atoms with Gasteiger partial charge in [0.15, 0.2) is 0 Å². The lowest BCUT2D eigenvalue weighted by molar-refractivity contribution is -0.0131. The first-order valence-corrected chi connectivity index (χ1v) is 9.49. The second-order valence-electron chi connectivity index (χ2n) is 7.11. The van der Waals surface area contributed by atoms with E-state index in [0.717, 1.165) is 29.8 Å². The number of ether oxygens (including phenoxy) is 1. The van der Waals surface area contributed by atoms with E-state index in [1.54, 1.807) is 12.1 Å². The Balaban J connectivity index is 1.66.